The zero-order chi connectivity index (χ0) is 9.02. The molecule has 1 amide bonds. The fourth-order valence-electron chi connectivity index (χ4n) is 0.962. The lowest BCUT2D eigenvalue weighted by atomic mass is 10.0. The maximum atomic E-state index is 10.8. The van der Waals surface area contributed by atoms with Crippen LogP contribution in [0.5, 0.6) is 0 Å². The van der Waals surface area contributed by atoms with E-state index in [4.69, 9.17) is 5.73 Å². The van der Waals surface area contributed by atoms with Crippen molar-refractivity contribution in [3.05, 3.63) is 0 Å². The van der Waals surface area contributed by atoms with E-state index in [2.05, 4.69) is 5.32 Å². The molecule has 0 spiro atoms. The predicted octanol–water partition coefficient (Wildman–Crippen LogP) is 0.494. The molecule has 0 aliphatic heterocycles. The summed E-state index contributed by atoms with van der Waals surface area (Å²) in [7, 11) is 0. The van der Waals surface area contributed by atoms with Gasteiger partial charge >= 0.3 is 0 Å². The van der Waals surface area contributed by atoms with E-state index in [1.807, 2.05) is 27.7 Å². The van der Waals surface area contributed by atoms with Gasteiger partial charge < -0.3 is 11.1 Å². The highest BCUT2D eigenvalue weighted by molar-refractivity contribution is 5.80. The van der Waals surface area contributed by atoms with E-state index in [1.165, 1.54) is 0 Å². The molecule has 0 bridgehead atoms. The van der Waals surface area contributed by atoms with Crippen LogP contribution in [0, 0.1) is 5.92 Å². The van der Waals surface area contributed by atoms with Crippen molar-refractivity contribution < 1.29 is 4.79 Å². The third-order valence-corrected chi connectivity index (χ3v) is 1.49. The molecule has 0 heterocycles. The number of carbonyl (C=O) groups excluding carboxylic acids is 1. The first-order valence-corrected chi connectivity index (χ1v) is 4.00. The summed E-state index contributed by atoms with van der Waals surface area (Å²) in [6.45, 7) is 7.95. The van der Waals surface area contributed by atoms with Gasteiger partial charge in [-0.05, 0) is 5.92 Å². The SMILES string of the molecule is CC(C)N[C@@H](C(N)=O)C(C)C. The molecule has 3 N–H and O–H groups in total. The Morgan fingerprint density at radius 3 is 1.82 bits per heavy atom. The van der Waals surface area contributed by atoms with Crippen LogP contribution in [0.3, 0.4) is 0 Å². The van der Waals surface area contributed by atoms with Gasteiger partial charge in [0.25, 0.3) is 0 Å². The Morgan fingerprint density at radius 1 is 1.27 bits per heavy atom. The van der Waals surface area contributed by atoms with Gasteiger partial charge in [-0.2, -0.15) is 0 Å². The number of rotatable bonds is 4. The molecule has 0 saturated carbocycles. The summed E-state index contributed by atoms with van der Waals surface area (Å²) in [4.78, 5) is 10.8. The maximum Gasteiger partial charge on any atom is 0.234 e. The molecular weight excluding hydrogens is 140 g/mol. The van der Waals surface area contributed by atoms with Crippen LogP contribution in [0.25, 0.3) is 0 Å². The molecule has 3 heteroatoms. The summed E-state index contributed by atoms with van der Waals surface area (Å²) in [6, 6.07) is 0.102. The zero-order valence-corrected chi connectivity index (χ0v) is 7.72. The summed E-state index contributed by atoms with van der Waals surface area (Å²) in [6.07, 6.45) is 0. The number of carbonyl (C=O) groups is 1. The molecule has 0 rings (SSSR count). The van der Waals surface area contributed by atoms with Gasteiger partial charge in [0.15, 0.2) is 0 Å². The van der Waals surface area contributed by atoms with E-state index in [0.29, 0.717) is 6.04 Å². The fourth-order valence-corrected chi connectivity index (χ4v) is 0.962. The largest absolute Gasteiger partial charge is 0.368 e. The second-order valence-electron chi connectivity index (χ2n) is 3.45. The van der Waals surface area contributed by atoms with Gasteiger partial charge in [0, 0.05) is 6.04 Å². The van der Waals surface area contributed by atoms with Gasteiger partial charge in [-0.1, -0.05) is 27.7 Å². The average molecular weight is 158 g/mol. The quantitative estimate of drug-likeness (QED) is 0.625. The molecule has 3 nitrogen and oxygen atoms in total. The van der Waals surface area contributed by atoms with Gasteiger partial charge in [0.1, 0.15) is 0 Å². The van der Waals surface area contributed by atoms with Crippen molar-refractivity contribution in [2.45, 2.75) is 39.8 Å². The highest BCUT2D eigenvalue weighted by atomic mass is 16.1. The summed E-state index contributed by atoms with van der Waals surface area (Å²) in [5.74, 6) is -0.0106. The van der Waals surface area contributed by atoms with Crippen molar-refractivity contribution >= 4 is 5.91 Å². The highest BCUT2D eigenvalue weighted by Gasteiger charge is 2.19. The van der Waals surface area contributed by atoms with Gasteiger partial charge in [-0.15, -0.1) is 0 Å². The van der Waals surface area contributed by atoms with Gasteiger partial charge in [-0.25, -0.2) is 0 Å². The zero-order valence-electron chi connectivity index (χ0n) is 7.72. The number of primary amides is 1. The molecule has 0 aromatic heterocycles. The van der Waals surface area contributed by atoms with Crippen LogP contribution in [0.1, 0.15) is 27.7 Å². The summed E-state index contributed by atoms with van der Waals surface area (Å²) >= 11 is 0. The highest BCUT2D eigenvalue weighted by Crippen LogP contribution is 2.01. The molecule has 0 unspecified atom stereocenters. The molecule has 0 aromatic rings. The minimum Gasteiger partial charge on any atom is -0.368 e. The lowest BCUT2D eigenvalue weighted by molar-refractivity contribution is -0.121. The van der Waals surface area contributed by atoms with Crippen molar-refractivity contribution in [2.24, 2.45) is 11.7 Å². The Morgan fingerprint density at radius 2 is 1.73 bits per heavy atom. The predicted molar refractivity (Wildman–Crippen MR) is 46.1 cm³/mol. The number of hydrogen-bond donors (Lipinski definition) is 2. The van der Waals surface area contributed by atoms with Crippen LogP contribution < -0.4 is 11.1 Å². The van der Waals surface area contributed by atoms with E-state index in [0.717, 1.165) is 0 Å². The molecule has 11 heavy (non-hydrogen) atoms. The van der Waals surface area contributed by atoms with Crippen LogP contribution in [0.15, 0.2) is 0 Å². The van der Waals surface area contributed by atoms with Crippen molar-refractivity contribution in [3.8, 4) is 0 Å². The third kappa shape index (κ3) is 3.98. The molecule has 0 aliphatic carbocycles. The van der Waals surface area contributed by atoms with E-state index < -0.39 is 0 Å². The Hall–Kier alpha value is -0.570. The molecule has 0 fully saturated rings. The summed E-state index contributed by atoms with van der Waals surface area (Å²) in [5, 5.41) is 3.10. The van der Waals surface area contributed by atoms with Gasteiger partial charge in [0.2, 0.25) is 5.91 Å². The fraction of sp³-hybridized carbons (Fsp3) is 0.875. The number of hydrogen-bond acceptors (Lipinski definition) is 2. The monoisotopic (exact) mass is 158 g/mol. The minimum atomic E-state index is -0.270. The van der Waals surface area contributed by atoms with E-state index in [1.54, 1.807) is 0 Å². The molecule has 0 saturated heterocycles. The molecule has 0 aromatic carbocycles. The number of amides is 1. The smallest absolute Gasteiger partial charge is 0.234 e. The lowest BCUT2D eigenvalue weighted by Gasteiger charge is -2.21. The van der Waals surface area contributed by atoms with Crippen molar-refractivity contribution in [1.29, 1.82) is 0 Å². The molecule has 66 valence electrons. The van der Waals surface area contributed by atoms with E-state index in [-0.39, 0.29) is 17.9 Å². The minimum absolute atomic E-state index is 0.199. The molecular formula is C8H18N2O. The first-order valence-electron chi connectivity index (χ1n) is 4.00. The van der Waals surface area contributed by atoms with Gasteiger partial charge in [-0.3, -0.25) is 4.79 Å². The third-order valence-electron chi connectivity index (χ3n) is 1.49. The lowest BCUT2D eigenvalue weighted by Crippen LogP contribution is -2.47. The van der Waals surface area contributed by atoms with Crippen molar-refractivity contribution in [2.75, 3.05) is 0 Å². The second kappa shape index (κ2) is 4.34. The normalized spacial score (nSPS) is 14.0. The Labute approximate surface area is 68.3 Å². The molecule has 0 radical (unpaired) electrons. The van der Waals surface area contributed by atoms with Crippen LogP contribution in [-0.4, -0.2) is 18.0 Å². The average Bonchev–Trinajstić information content (AvgIpc) is 1.81. The van der Waals surface area contributed by atoms with E-state index in [9.17, 15) is 4.79 Å². The first-order chi connectivity index (χ1) is 4.95. The molecule has 0 aliphatic rings. The van der Waals surface area contributed by atoms with Gasteiger partial charge in [0.05, 0.1) is 6.04 Å². The Balaban J connectivity index is 4.01. The van der Waals surface area contributed by atoms with Crippen molar-refractivity contribution in [3.63, 3.8) is 0 Å². The van der Waals surface area contributed by atoms with Crippen LogP contribution >= 0.6 is 0 Å². The first kappa shape index (κ1) is 10.4. The summed E-state index contributed by atoms with van der Waals surface area (Å²) in [5.41, 5.74) is 5.18. The number of nitrogens with one attached hydrogen (secondary N) is 1. The molecule has 1 atom stereocenters. The topological polar surface area (TPSA) is 55.1 Å². The second-order valence-corrected chi connectivity index (χ2v) is 3.45. The van der Waals surface area contributed by atoms with Crippen molar-refractivity contribution in [1.82, 2.24) is 5.32 Å². The summed E-state index contributed by atoms with van der Waals surface area (Å²) < 4.78 is 0. The van der Waals surface area contributed by atoms with E-state index >= 15 is 0 Å². The number of nitrogens with two attached hydrogens (primary N) is 1. The Kier molecular flexibility index (Phi) is 4.11. The van der Waals surface area contributed by atoms with Crippen LogP contribution in [0.2, 0.25) is 0 Å². The maximum absolute atomic E-state index is 10.8. The standard InChI is InChI=1S/C8H18N2O/c1-5(2)7(8(9)11)10-6(3)4/h5-7,10H,1-4H3,(H2,9,11)/t7-/m1/s1. The Bertz CT molecular complexity index is 132. The van der Waals surface area contributed by atoms with Crippen LogP contribution in [-0.2, 0) is 4.79 Å². The van der Waals surface area contributed by atoms with Crippen LogP contribution in [0.4, 0.5) is 0 Å².